The molecule has 90 valence electrons. The Morgan fingerprint density at radius 3 is 2.40 bits per heavy atom. The highest BCUT2D eigenvalue weighted by Crippen LogP contribution is 2.27. The lowest BCUT2D eigenvalue weighted by atomic mass is 9.85. The SMILES string of the molecule is CC(C)CNC(CO)CC1CCCCC1. The Morgan fingerprint density at radius 2 is 1.87 bits per heavy atom. The molecule has 0 heterocycles. The lowest BCUT2D eigenvalue weighted by Gasteiger charge is -2.26. The van der Waals surface area contributed by atoms with E-state index in [1.165, 1.54) is 38.5 Å². The van der Waals surface area contributed by atoms with Crippen molar-refractivity contribution in [2.75, 3.05) is 13.2 Å². The second kappa shape index (κ2) is 7.24. The van der Waals surface area contributed by atoms with Crippen LogP contribution in [-0.2, 0) is 0 Å². The van der Waals surface area contributed by atoms with Gasteiger partial charge in [-0.3, -0.25) is 0 Å². The molecule has 0 aromatic heterocycles. The summed E-state index contributed by atoms with van der Waals surface area (Å²) in [7, 11) is 0. The number of nitrogens with one attached hydrogen (secondary N) is 1. The van der Waals surface area contributed by atoms with Gasteiger partial charge in [-0.15, -0.1) is 0 Å². The third-order valence-corrected chi connectivity index (χ3v) is 3.38. The lowest BCUT2D eigenvalue weighted by Crippen LogP contribution is -2.37. The van der Waals surface area contributed by atoms with E-state index in [1.807, 2.05) is 0 Å². The number of hydrogen-bond acceptors (Lipinski definition) is 2. The Balaban J connectivity index is 2.19. The average Bonchev–Trinajstić information content (AvgIpc) is 2.25. The molecule has 15 heavy (non-hydrogen) atoms. The van der Waals surface area contributed by atoms with Crippen molar-refractivity contribution in [2.45, 2.75) is 58.4 Å². The maximum atomic E-state index is 9.31. The van der Waals surface area contributed by atoms with Crippen molar-refractivity contribution in [1.29, 1.82) is 0 Å². The third kappa shape index (κ3) is 5.53. The lowest BCUT2D eigenvalue weighted by molar-refractivity contribution is 0.201. The summed E-state index contributed by atoms with van der Waals surface area (Å²) >= 11 is 0. The zero-order chi connectivity index (χ0) is 11.1. The molecule has 0 aliphatic heterocycles. The quantitative estimate of drug-likeness (QED) is 0.711. The van der Waals surface area contributed by atoms with Crippen LogP contribution in [0.2, 0.25) is 0 Å². The van der Waals surface area contributed by atoms with E-state index in [0.717, 1.165) is 12.5 Å². The fraction of sp³-hybridized carbons (Fsp3) is 1.00. The van der Waals surface area contributed by atoms with Crippen molar-refractivity contribution in [3.05, 3.63) is 0 Å². The summed E-state index contributed by atoms with van der Waals surface area (Å²) in [5.41, 5.74) is 0. The Labute approximate surface area is 94.5 Å². The Morgan fingerprint density at radius 1 is 1.20 bits per heavy atom. The minimum atomic E-state index is 0.295. The van der Waals surface area contributed by atoms with Crippen molar-refractivity contribution in [2.24, 2.45) is 11.8 Å². The summed E-state index contributed by atoms with van der Waals surface area (Å²) in [6, 6.07) is 0.329. The van der Waals surface area contributed by atoms with Crippen LogP contribution in [0.3, 0.4) is 0 Å². The highest BCUT2D eigenvalue weighted by molar-refractivity contribution is 4.74. The van der Waals surface area contributed by atoms with Crippen molar-refractivity contribution in [3.63, 3.8) is 0 Å². The zero-order valence-electron chi connectivity index (χ0n) is 10.3. The van der Waals surface area contributed by atoms with Gasteiger partial charge in [-0.2, -0.15) is 0 Å². The molecule has 0 aromatic carbocycles. The van der Waals surface area contributed by atoms with E-state index in [4.69, 9.17) is 0 Å². The largest absolute Gasteiger partial charge is 0.395 e. The Kier molecular flexibility index (Phi) is 6.26. The molecule has 2 N–H and O–H groups in total. The van der Waals surface area contributed by atoms with Crippen LogP contribution in [-0.4, -0.2) is 24.3 Å². The summed E-state index contributed by atoms with van der Waals surface area (Å²) in [6.45, 7) is 5.74. The van der Waals surface area contributed by atoms with Crippen LogP contribution in [0, 0.1) is 11.8 Å². The molecule has 1 atom stereocenters. The van der Waals surface area contributed by atoms with Gasteiger partial charge >= 0.3 is 0 Å². The normalized spacial score (nSPS) is 20.8. The highest BCUT2D eigenvalue weighted by atomic mass is 16.3. The Hall–Kier alpha value is -0.0800. The molecule has 1 aliphatic carbocycles. The molecule has 1 saturated carbocycles. The molecule has 1 aliphatic rings. The van der Waals surface area contributed by atoms with E-state index in [-0.39, 0.29) is 0 Å². The minimum Gasteiger partial charge on any atom is -0.395 e. The molecule has 1 unspecified atom stereocenters. The van der Waals surface area contributed by atoms with Crippen LogP contribution < -0.4 is 5.32 Å². The van der Waals surface area contributed by atoms with Crippen molar-refractivity contribution < 1.29 is 5.11 Å². The van der Waals surface area contributed by atoms with E-state index in [0.29, 0.717) is 18.6 Å². The van der Waals surface area contributed by atoms with Gasteiger partial charge in [-0.1, -0.05) is 46.0 Å². The fourth-order valence-electron chi connectivity index (χ4n) is 2.45. The molecule has 0 aromatic rings. The Bertz CT molecular complexity index is 153. The number of hydrogen-bond donors (Lipinski definition) is 2. The minimum absolute atomic E-state index is 0.295. The van der Waals surface area contributed by atoms with Crippen LogP contribution in [0.15, 0.2) is 0 Å². The highest BCUT2D eigenvalue weighted by Gasteiger charge is 2.18. The summed E-state index contributed by atoms with van der Waals surface area (Å²) in [4.78, 5) is 0. The van der Waals surface area contributed by atoms with Gasteiger partial charge in [-0.25, -0.2) is 0 Å². The van der Waals surface area contributed by atoms with Gasteiger partial charge in [-0.05, 0) is 24.8 Å². The van der Waals surface area contributed by atoms with Gasteiger partial charge in [0.05, 0.1) is 6.61 Å². The van der Waals surface area contributed by atoms with Gasteiger partial charge in [0.15, 0.2) is 0 Å². The second-order valence-electron chi connectivity index (χ2n) is 5.42. The van der Waals surface area contributed by atoms with E-state index in [1.54, 1.807) is 0 Å². The number of rotatable bonds is 6. The molecule has 1 rings (SSSR count). The fourth-order valence-corrected chi connectivity index (χ4v) is 2.45. The number of aliphatic hydroxyl groups is 1. The van der Waals surface area contributed by atoms with E-state index < -0.39 is 0 Å². The first-order valence-corrected chi connectivity index (χ1v) is 6.56. The summed E-state index contributed by atoms with van der Waals surface area (Å²) in [6.07, 6.45) is 8.13. The molecule has 0 spiro atoms. The standard InChI is InChI=1S/C13H27NO/c1-11(2)9-14-13(10-15)8-12-6-4-3-5-7-12/h11-15H,3-10H2,1-2H3. The van der Waals surface area contributed by atoms with Gasteiger partial charge in [0.25, 0.3) is 0 Å². The zero-order valence-corrected chi connectivity index (χ0v) is 10.3. The maximum absolute atomic E-state index is 9.31. The van der Waals surface area contributed by atoms with Crippen molar-refractivity contribution >= 4 is 0 Å². The van der Waals surface area contributed by atoms with E-state index in [2.05, 4.69) is 19.2 Å². The molecular formula is C13H27NO. The predicted octanol–water partition coefficient (Wildman–Crippen LogP) is 2.56. The molecular weight excluding hydrogens is 186 g/mol. The first-order chi connectivity index (χ1) is 7.22. The summed E-state index contributed by atoms with van der Waals surface area (Å²) < 4.78 is 0. The summed E-state index contributed by atoms with van der Waals surface area (Å²) in [5.74, 6) is 1.53. The average molecular weight is 213 g/mol. The molecule has 1 fully saturated rings. The molecule has 0 bridgehead atoms. The van der Waals surface area contributed by atoms with E-state index in [9.17, 15) is 5.11 Å². The molecule has 0 amide bonds. The van der Waals surface area contributed by atoms with E-state index >= 15 is 0 Å². The van der Waals surface area contributed by atoms with Crippen LogP contribution in [0.25, 0.3) is 0 Å². The summed E-state index contributed by atoms with van der Waals surface area (Å²) in [5, 5.41) is 12.8. The van der Waals surface area contributed by atoms with Crippen LogP contribution in [0.4, 0.5) is 0 Å². The molecule has 2 nitrogen and oxygen atoms in total. The van der Waals surface area contributed by atoms with Crippen LogP contribution in [0.5, 0.6) is 0 Å². The van der Waals surface area contributed by atoms with Crippen LogP contribution >= 0.6 is 0 Å². The second-order valence-corrected chi connectivity index (χ2v) is 5.42. The molecule has 0 radical (unpaired) electrons. The first kappa shape index (κ1) is 13.0. The smallest absolute Gasteiger partial charge is 0.0584 e. The number of aliphatic hydroxyl groups excluding tert-OH is 1. The van der Waals surface area contributed by atoms with Gasteiger partial charge in [0, 0.05) is 6.04 Å². The maximum Gasteiger partial charge on any atom is 0.0584 e. The first-order valence-electron chi connectivity index (χ1n) is 6.56. The van der Waals surface area contributed by atoms with Crippen molar-refractivity contribution in [3.8, 4) is 0 Å². The molecule has 0 saturated heterocycles. The van der Waals surface area contributed by atoms with Gasteiger partial charge < -0.3 is 10.4 Å². The van der Waals surface area contributed by atoms with Gasteiger partial charge in [0.1, 0.15) is 0 Å². The van der Waals surface area contributed by atoms with Crippen molar-refractivity contribution in [1.82, 2.24) is 5.32 Å². The van der Waals surface area contributed by atoms with Crippen LogP contribution in [0.1, 0.15) is 52.4 Å². The topological polar surface area (TPSA) is 32.3 Å². The van der Waals surface area contributed by atoms with Gasteiger partial charge in [0.2, 0.25) is 0 Å². The monoisotopic (exact) mass is 213 g/mol. The molecule has 2 heteroatoms. The third-order valence-electron chi connectivity index (χ3n) is 3.38. The predicted molar refractivity (Wildman–Crippen MR) is 64.9 cm³/mol.